The lowest BCUT2D eigenvalue weighted by Crippen LogP contribution is -2.17. The molecule has 0 radical (unpaired) electrons. The Labute approximate surface area is 219 Å². The quantitative estimate of drug-likeness (QED) is 0.184. The minimum absolute atomic E-state index is 0.202. The molecule has 4 nitrogen and oxygen atoms in total. The number of aryl methyl sites for hydroxylation is 1. The third kappa shape index (κ3) is 7.97. The molecule has 0 aliphatic heterocycles. The number of unbranched alkanes of at least 4 members (excludes halogenated alkanes) is 1. The number of hydrogen-bond donors (Lipinski definition) is 2. The van der Waals surface area contributed by atoms with Crippen LogP contribution in [0.25, 0.3) is 10.8 Å². The van der Waals surface area contributed by atoms with Gasteiger partial charge in [0.05, 0.1) is 0 Å². The molecule has 0 spiro atoms. The Morgan fingerprint density at radius 3 is 2.24 bits per heavy atom. The first kappa shape index (κ1) is 26.0. The van der Waals surface area contributed by atoms with E-state index in [9.17, 15) is 4.79 Å². The Balaban J connectivity index is 1.52. The van der Waals surface area contributed by atoms with E-state index in [1.165, 1.54) is 16.7 Å². The smallest absolute Gasteiger partial charge is 0.303 e. The number of carbonyl (C=O) groups is 1. The van der Waals surface area contributed by atoms with Crippen LogP contribution >= 0.6 is 0 Å². The molecule has 0 amide bonds. The first-order chi connectivity index (χ1) is 18.1. The molecule has 4 aromatic carbocycles. The number of rotatable bonds is 14. The molecular formula is C33H35NO3. The van der Waals surface area contributed by atoms with Crippen molar-refractivity contribution >= 4 is 16.7 Å². The molecule has 0 fully saturated rings. The van der Waals surface area contributed by atoms with E-state index < -0.39 is 5.97 Å². The van der Waals surface area contributed by atoms with Crippen LogP contribution in [0, 0.1) is 0 Å². The van der Waals surface area contributed by atoms with Gasteiger partial charge in [-0.15, -0.1) is 0 Å². The average molecular weight is 494 g/mol. The number of carboxylic acids is 1. The molecule has 4 aromatic rings. The minimum Gasteiger partial charge on any atom is -0.488 e. The predicted octanol–water partition coefficient (Wildman–Crippen LogP) is 7.10. The Bertz CT molecular complexity index is 1320. The van der Waals surface area contributed by atoms with E-state index in [4.69, 9.17) is 9.84 Å². The average Bonchev–Trinajstić information content (AvgIpc) is 2.91. The van der Waals surface area contributed by atoms with E-state index in [-0.39, 0.29) is 6.42 Å². The summed E-state index contributed by atoms with van der Waals surface area (Å²) in [6.07, 6.45) is 4.20. The van der Waals surface area contributed by atoms with Crippen LogP contribution < -0.4 is 10.1 Å². The Hall–Kier alpha value is -4.05. The van der Waals surface area contributed by atoms with E-state index in [0.29, 0.717) is 13.0 Å². The van der Waals surface area contributed by atoms with E-state index in [1.54, 1.807) is 0 Å². The highest BCUT2D eigenvalue weighted by molar-refractivity contribution is 5.92. The molecule has 4 heteroatoms. The highest BCUT2D eigenvalue weighted by atomic mass is 16.5. The van der Waals surface area contributed by atoms with Crippen LogP contribution in [0.15, 0.2) is 103 Å². The maximum absolute atomic E-state index is 10.9. The maximum Gasteiger partial charge on any atom is 0.303 e. The molecule has 0 aliphatic rings. The molecule has 0 saturated heterocycles. The van der Waals surface area contributed by atoms with Crippen molar-refractivity contribution in [2.45, 2.75) is 45.1 Å². The first-order valence-corrected chi connectivity index (χ1v) is 13.0. The van der Waals surface area contributed by atoms with Crippen molar-refractivity contribution in [2.75, 3.05) is 6.54 Å². The fourth-order valence-electron chi connectivity index (χ4n) is 4.58. The predicted molar refractivity (Wildman–Crippen MR) is 151 cm³/mol. The van der Waals surface area contributed by atoms with Gasteiger partial charge in [-0.05, 0) is 65.5 Å². The summed E-state index contributed by atoms with van der Waals surface area (Å²) in [7, 11) is 0. The summed E-state index contributed by atoms with van der Waals surface area (Å²) < 4.78 is 6.28. The number of benzene rings is 4. The number of hydrogen-bond acceptors (Lipinski definition) is 3. The summed E-state index contributed by atoms with van der Waals surface area (Å²) in [6, 6.07) is 31.3. The highest BCUT2D eigenvalue weighted by Gasteiger charge is 2.11. The number of aliphatic carboxylic acids is 1. The molecule has 0 unspecified atom stereocenters. The molecular weight excluding hydrogens is 458 g/mol. The van der Waals surface area contributed by atoms with E-state index in [0.717, 1.165) is 60.0 Å². The SMILES string of the molecule is C=C(Cc1cc(CCCCC(=O)O)cc2c(OCc3ccccc3)cccc12)NCCc1ccccc1. The molecule has 0 bridgehead atoms. The molecule has 0 aromatic heterocycles. The largest absolute Gasteiger partial charge is 0.488 e. The van der Waals surface area contributed by atoms with Gasteiger partial charge in [-0.25, -0.2) is 0 Å². The summed E-state index contributed by atoms with van der Waals surface area (Å²) in [4.78, 5) is 10.9. The standard InChI is InChI=1S/C33H35NO3/c1-25(34-20-19-26-11-4-2-5-12-26)21-29-22-28(15-8-9-18-33(35)36)23-31-30(29)16-10-17-32(31)37-24-27-13-6-3-7-14-27/h2-7,10-14,16-17,22-23,34H,1,8-9,15,18-21,24H2,(H,35,36). The normalized spacial score (nSPS) is 10.8. The van der Waals surface area contributed by atoms with Crippen molar-refractivity contribution in [3.8, 4) is 5.75 Å². The van der Waals surface area contributed by atoms with Gasteiger partial charge in [-0.3, -0.25) is 4.79 Å². The molecule has 190 valence electrons. The van der Waals surface area contributed by atoms with E-state index in [2.05, 4.69) is 66.5 Å². The van der Waals surface area contributed by atoms with Crippen LogP contribution in [0.5, 0.6) is 5.75 Å². The molecule has 0 saturated carbocycles. The van der Waals surface area contributed by atoms with Crippen LogP contribution in [0.1, 0.15) is 41.5 Å². The monoisotopic (exact) mass is 493 g/mol. The van der Waals surface area contributed by atoms with Gasteiger partial charge in [0.1, 0.15) is 12.4 Å². The Kier molecular flexibility index (Phi) is 9.36. The van der Waals surface area contributed by atoms with Crippen LogP contribution in [0.3, 0.4) is 0 Å². The first-order valence-electron chi connectivity index (χ1n) is 13.0. The van der Waals surface area contributed by atoms with Gasteiger partial charge in [-0.2, -0.15) is 0 Å². The molecule has 0 heterocycles. The number of allylic oxidation sites excluding steroid dienone is 1. The van der Waals surface area contributed by atoms with Crippen molar-refractivity contribution in [2.24, 2.45) is 0 Å². The topological polar surface area (TPSA) is 58.6 Å². The number of carboxylic acid groups (broad SMARTS) is 1. The fourth-order valence-corrected chi connectivity index (χ4v) is 4.58. The van der Waals surface area contributed by atoms with E-state index >= 15 is 0 Å². The van der Waals surface area contributed by atoms with Crippen molar-refractivity contribution in [3.05, 3.63) is 126 Å². The van der Waals surface area contributed by atoms with Crippen LogP contribution in [0.4, 0.5) is 0 Å². The third-order valence-corrected chi connectivity index (χ3v) is 6.48. The lowest BCUT2D eigenvalue weighted by molar-refractivity contribution is -0.137. The number of fused-ring (bicyclic) bond motifs is 1. The minimum atomic E-state index is -0.742. The number of nitrogens with one attached hydrogen (secondary N) is 1. The second kappa shape index (κ2) is 13.3. The highest BCUT2D eigenvalue weighted by Crippen LogP contribution is 2.32. The zero-order valence-electron chi connectivity index (χ0n) is 21.3. The van der Waals surface area contributed by atoms with Crippen molar-refractivity contribution in [3.63, 3.8) is 0 Å². The summed E-state index contributed by atoms with van der Waals surface area (Å²) in [5.74, 6) is 0.117. The summed E-state index contributed by atoms with van der Waals surface area (Å²) >= 11 is 0. The zero-order valence-corrected chi connectivity index (χ0v) is 21.3. The molecule has 0 atom stereocenters. The van der Waals surface area contributed by atoms with Gasteiger partial charge in [-0.1, -0.05) is 85.4 Å². The second-order valence-electron chi connectivity index (χ2n) is 9.42. The lowest BCUT2D eigenvalue weighted by Gasteiger charge is -2.16. The van der Waals surface area contributed by atoms with Gasteiger partial charge < -0.3 is 15.2 Å². The van der Waals surface area contributed by atoms with Crippen molar-refractivity contribution in [1.29, 1.82) is 0 Å². The molecule has 2 N–H and O–H groups in total. The van der Waals surface area contributed by atoms with E-state index in [1.807, 2.05) is 36.4 Å². The maximum atomic E-state index is 10.9. The Morgan fingerprint density at radius 2 is 1.51 bits per heavy atom. The van der Waals surface area contributed by atoms with Gasteiger partial charge in [0, 0.05) is 30.5 Å². The zero-order chi connectivity index (χ0) is 25.9. The van der Waals surface area contributed by atoms with Crippen molar-refractivity contribution < 1.29 is 14.6 Å². The summed E-state index contributed by atoms with van der Waals surface area (Å²) in [5, 5.41) is 14.7. The lowest BCUT2D eigenvalue weighted by atomic mass is 9.95. The second-order valence-corrected chi connectivity index (χ2v) is 9.42. The Morgan fingerprint density at radius 1 is 0.784 bits per heavy atom. The third-order valence-electron chi connectivity index (χ3n) is 6.48. The van der Waals surface area contributed by atoms with Gasteiger partial charge in [0.25, 0.3) is 0 Å². The van der Waals surface area contributed by atoms with Crippen LogP contribution in [-0.2, 0) is 30.7 Å². The molecule has 37 heavy (non-hydrogen) atoms. The van der Waals surface area contributed by atoms with Gasteiger partial charge in [0.15, 0.2) is 0 Å². The summed E-state index contributed by atoms with van der Waals surface area (Å²) in [6.45, 7) is 5.64. The van der Waals surface area contributed by atoms with Gasteiger partial charge >= 0.3 is 5.97 Å². The molecule has 0 aliphatic carbocycles. The van der Waals surface area contributed by atoms with Crippen molar-refractivity contribution in [1.82, 2.24) is 5.32 Å². The molecule has 4 rings (SSSR count). The van der Waals surface area contributed by atoms with Gasteiger partial charge in [0.2, 0.25) is 0 Å². The van der Waals surface area contributed by atoms with Crippen LogP contribution in [-0.4, -0.2) is 17.6 Å². The fraction of sp³-hybridized carbons (Fsp3) is 0.242. The number of ether oxygens (including phenoxy) is 1. The summed E-state index contributed by atoms with van der Waals surface area (Å²) in [5.41, 5.74) is 5.81. The van der Waals surface area contributed by atoms with Crippen LogP contribution in [0.2, 0.25) is 0 Å².